The van der Waals surface area contributed by atoms with Crippen molar-refractivity contribution in [3.63, 3.8) is 0 Å². The molecule has 2 rings (SSSR count). The third-order valence-electron chi connectivity index (χ3n) is 3.21. The Morgan fingerprint density at radius 2 is 1.95 bits per heavy atom. The van der Waals surface area contributed by atoms with Crippen molar-refractivity contribution in [3.8, 4) is 5.69 Å². The molecule has 0 amide bonds. The summed E-state index contributed by atoms with van der Waals surface area (Å²) in [6, 6.07) is 6.92. The smallest absolute Gasteiger partial charge is 0.123 e. The van der Waals surface area contributed by atoms with Crippen LogP contribution in [0.1, 0.15) is 38.4 Å². The molecule has 108 valence electrons. The van der Waals surface area contributed by atoms with E-state index in [1.807, 2.05) is 10.9 Å². The van der Waals surface area contributed by atoms with Gasteiger partial charge in [-0.25, -0.2) is 9.07 Å². The third-order valence-corrected chi connectivity index (χ3v) is 3.21. The maximum atomic E-state index is 13.0. The van der Waals surface area contributed by atoms with E-state index in [2.05, 4.69) is 31.2 Å². The van der Waals surface area contributed by atoms with Crippen LogP contribution in [-0.2, 0) is 13.0 Å². The lowest BCUT2D eigenvalue weighted by atomic mass is 10.1. The largest absolute Gasteiger partial charge is 0.310 e. The molecule has 1 aromatic carbocycles. The minimum absolute atomic E-state index is 0.223. The highest BCUT2D eigenvalue weighted by atomic mass is 19.1. The lowest BCUT2D eigenvalue weighted by molar-refractivity contribution is 0.585. The molecule has 1 N–H and O–H groups in total. The normalized spacial score (nSPS) is 11.2. The van der Waals surface area contributed by atoms with Crippen LogP contribution in [0.15, 0.2) is 30.5 Å². The van der Waals surface area contributed by atoms with Crippen LogP contribution in [0.5, 0.6) is 0 Å². The summed E-state index contributed by atoms with van der Waals surface area (Å²) in [7, 11) is 0. The fraction of sp³-hybridized carbons (Fsp3) is 0.438. The van der Waals surface area contributed by atoms with Crippen LogP contribution in [0.3, 0.4) is 0 Å². The van der Waals surface area contributed by atoms with E-state index in [1.54, 1.807) is 12.1 Å². The molecule has 0 spiro atoms. The molecule has 1 heterocycles. The molecule has 0 aliphatic heterocycles. The summed E-state index contributed by atoms with van der Waals surface area (Å²) in [4.78, 5) is 0. The fourth-order valence-electron chi connectivity index (χ4n) is 2.18. The molecule has 20 heavy (non-hydrogen) atoms. The molecular formula is C16H22FN3. The zero-order valence-corrected chi connectivity index (χ0v) is 12.4. The number of rotatable bonds is 6. The molecular weight excluding hydrogens is 253 g/mol. The van der Waals surface area contributed by atoms with Crippen LogP contribution in [-0.4, -0.2) is 15.8 Å². The third kappa shape index (κ3) is 3.45. The zero-order chi connectivity index (χ0) is 14.5. The second-order valence-electron chi connectivity index (χ2n) is 5.29. The first kappa shape index (κ1) is 14.7. The molecule has 0 aliphatic carbocycles. The second-order valence-corrected chi connectivity index (χ2v) is 5.29. The maximum Gasteiger partial charge on any atom is 0.123 e. The molecule has 4 heteroatoms. The summed E-state index contributed by atoms with van der Waals surface area (Å²) >= 11 is 0. The van der Waals surface area contributed by atoms with Crippen molar-refractivity contribution in [1.82, 2.24) is 15.1 Å². The summed E-state index contributed by atoms with van der Waals surface area (Å²) in [6.45, 7) is 7.23. The van der Waals surface area contributed by atoms with Gasteiger partial charge in [-0.15, -0.1) is 0 Å². The van der Waals surface area contributed by atoms with Crippen molar-refractivity contribution in [1.29, 1.82) is 0 Å². The summed E-state index contributed by atoms with van der Waals surface area (Å²) in [5.74, 6) is -0.223. The minimum atomic E-state index is -0.223. The predicted octanol–water partition coefficient (Wildman–Crippen LogP) is 3.46. The lowest BCUT2D eigenvalue weighted by Crippen LogP contribution is -2.22. The van der Waals surface area contributed by atoms with Crippen molar-refractivity contribution < 1.29 is 4.39 Å². The monoisotopic (exact) mass is 275 g/mol. The Morgan fingerprint density at radius 1 is 1.25 bits per heavy atom. The van der Waals surface area contributed by atoms with Gasteiger partial charge in [0.25, 0.3) is 0 Å². The van der Waals surface area contributed by atoms with Gasteiger partial charge in [0.15, 0.2) is 0 Å². The van der Waals surface area contributed by atoms with Gasteiger partial charge in [0.05, 0.1) is 11.9 Å². The average molecular weight is 275 g/mol. The summed E-state index contributed by atoms with van der Waals surface area (Å²) in [5, 5.41) is 7.89. The molecule has 0 unspecified atom stereocenters. The van der Waals surface area contributed by atoms with Crippen LogP contribution in [0, 0.1) is 5.82 Å². The van der Waals surface area contributed by atoms with E-state index < -0.39 is 0 Å². The highest BCUT2D eigenvalue weighted by Gasteiger charge is 2.11. The van der Waals surface area contributed by atoms with E-state index >= 15 is 0 Å². The van der Waals surface area contributed by atoms with E-state index in [1.165, 1.54) is 23.4 Å². The number of nitrogens with one attached hydrogen (secondary N) is 1. The van der Waals surface area contributed by atoms with Gasteiger partial charge in [0.1, 0.15) is 5.82 Å². The molecule has 0 fully saturated rings. The SMILES string of the molecule is CCCc1c(CNC(C)C)cnn1-c1ccc(F)cc1. The van der Waals surface area contributed by atoms with Gasteiger partial charge in [-0.1, -0.05) is 27.2 Å². The topological polar surface area (TPSA) is 29.9 Å². The Labute approximate surface area is 119 Å². The number of hydrogen-bond donors (Lipinski definition) is 1. The molecule has 1 aromatic heterocycles. The number of benzene rings is 1. The maximum absolute atomic E-state index is 13.0. The Kier molecular flexibility index (Phi) is 4.90. The molecule has 0 saturated carbocycles. The molecule has 0 aliphatic rings. The summed E-state index contributed by atoms with van der Waals surface area (Å²) in [6.07, 6.45) is 3.93. The Bertz CT molecular complexity index is 543. The van der Waals surface area contributed by atoms with Crippen molar-refractivity contribution in [3.05, 3.63) is 47.5 Å². The molecule has 0 bridgehead atoms. The average Bonchev–Trinajstić information content (AvgIpc) is 2.81. The van der Waals surface area contributed by atoms with Crippen molar-refractivity contribution in [2.75, 3.05) is 0 Å². The van der Waals surface area contributed by atoms with Crippen LogP contribution in [0.2, 0.25) is 0 Å². The Morgan fingerprint density at radius 3 is 2.55 bits per heavy atom. The first-order valence-electron chi connectivity index (χ1n) is 7.17. The second kappa shape index (κ2) is 6.66. The van der Waals surface area contributed by atoms with E-state index in [0.29, 0.717) is 6.04 Å². The molecule has 0 saturated heterocycles. The first-order valence-corrected chi connectivity index (χ1v) is 7.17. The van der Waals surface area contributed by atoms with Crippen LogP contribution in [0.4, 0.5) is 4.39 Å². The van der Waals surface area contributed by atoms with Crippen molar-refractivity contribution in [2.45, 2.75) is 46.2 Å². The van der Waals surface area contributed by atoms with E-state index in [0.717, 1.165) is 25.1 Å². The standard InChI is InChI=1S/C16H22FN3/c1-4-5-16-13(10-18-12(2)3)11-19-20(16)15-8-6-14(17)7-9-15/h6-9,11-12,18H,4-5,10H2,1-3H3. The number of hydrogen-bond acceptors (Lipinski definition) is 2. The molecule has 2 aromatic rings. The summed E-state index contributed by atoms with van der Waals surface area (Å²) in [5.41, 5.74) is 3.32. The van der Waals surface area contributed by atoms with E-state index in [9.17, 15) is 4.39 Å². The lowest BCUT2D eigenvalue weighted by Gasteiger charge is -2.11. The minimum Gasteiger partial charge on any atom is -0.310 e. The number of halogens is 1. The van der Waals surface area contributed by atoms with E-state index in [-0.39, 0.29) is 5.82 Å². The Balaban J connectivity index is 2.30. The molecule has 0 atom stereocenters. The van der Waals surface area contributed by atoms with Crippen LogP contribution < -0.4 is 5.32 Å². The highest BCUT2D eigenvalue weighted by molar-refractivity contribution is 5.35. The fourth-order valence-corrected chi connectivity index (χ4v) is 2.18. The Hall–Kier alpha value is -1.68. The van der Waals surface area contributed by atoms with Crippen LogP contribution in [0.25, 0.3) is 5.69 Å². The first-order chi connectivity index (χ1) is 9.61. The van der Waals surface area contributed by atoms with Crippen LogP contribution >= 0.6 is 0 Å². The summed E-state index contributed by atoms with van der Waals surface area (Å²) < 4.78 is 14.9. The highest BCUT2D eigenvalue weighted by Crippen LogP contribution is 2.17. The predicted molar refractivity (Wildman–Crippen MR) is 79.5 cm³/mol. The van der Waals surface area contributed by atoms with Gasteiger partial charge in [-0.2, -0.15) is 5.10 Å². The van der Waals surface area contributed by atoms with Gasteiger partial charge in [-0.05, 0) is 30.7 Å². The van der Waals surface area contributed by atoms with Gasteiger partial charge >= 0.3 is 0 Å². The molecule has 0 radical (unpaired) electrons. The van der Waals surface area contributed by atoms with Gasteiger partial charge in [0, 0.05) is 23.8 Å². The van der Waals surface area contributed by atoms with Gasteiger partial charge in [0.2, 0.25) is 0 Å². The quantitative estimate of drug-likeness (QED) is 0.875. The number of nitrogens with zero attached hydrogens (tertiary/aromatic N) is 2. The van der Waals surface area contributed by atoms with Crippen molar-refractivity contribution in [2.24, 2.45) is 0 Å². The van der Waals surface area contributed by atoms with Gasteiger partial charge < -0.3 is 5.32 Å². The van der Waals surface area contributed by atoms with E-state index in [4.69, 9.17) is 0 Å². The van der Waals surface area contributed by atoms with Crippen molar-refractivity contribution >= 4 is 0 Å². The van der Waals surface area contributed by atoms with Gasteiger partial charge in [-0.3, -0.25) is 0 Å². The zero-order valence-electron chi connectivity index (χ0n) is 12.4. The number of aromatic nitrogens is 2. The molecule has 3 nitrogen and oxygen atoms in total.